The third kappa shape index (κ3) is 2.23. The molecule has 0 spiro atoms. The van der Waals surface area contributed by atoms with Gasteiger partial charge in [-0.3, -0.25) is 0 Å². The van der Waals surface area contributed by atoms with Gasteiger partial charge in [0.25, 0.3) is 0 Å². The van der Waals surface area contributed by atoms with Gasteiger partial charge in [-0.25, -0.2) is 4.98 Å². The van der Waals surface area contributed by atoms with Crippen LogP contribution in [0.3, 0.4) is 0 Å². The second-order valence-corrected chi connectivity index (χ2v) is 6.22. The maximum absolute atomic E-state index is 5.90. The fraction of sp³-hybridized carbons (Fsp3) is 0.133. The predicted octanol–water partition coefficient (Wildman–Crippen LogP) is 5.64. The van der Waals surface area contributed by atoms with Gasteiger partial charge in [0.1, 0.15) is 5.52 Å². The average Bonchev–Trinajstić information content (AvgIpc) is 2.80. The zero-order chi connectivity index (χ0) is 13.6. The van der Waals surface area contributed by atoms with Gasteiger partial charge in [-0.2, -0.15) is 0 Å². The highest BCUT2D eigenvalue weighted by Crippen LogP contribution is 2.33. The number of halogens is 2. The van der Waals surface area contributed by atoms with Crippen molar-refractivity contribution in [3.05, 3.63) is 50.4 Å². The standard InChI is InChI=1S/C15H11Br2NO/c1-8-6-12-14(13(17)9(8)2)19-15(18-12)10-4-3-5-11(16)7-10/h3-7H,1-2H3. The number of fused-ring (bicyclic) bond motifs is 1. The number of rotatable bonds is 1. The van der Waals surface area contributed by atoms with Crippen molar-refractivity contribution in [1.82, 2.24) is 4.98 Å². The number of benzene rings is 2. The smallest absolute Gasteiger partial charge is 0.227 e. The van der Waals surface area contributed by atoms with E-state index < -0.39 is 0 Å². The lowest BCUT2D eigenvalue weighted by atomic mass is 10.1. The van der Waals surface area contributed by atoms with Crippen LogP contribution in [0.1, 0.15) is 11.1 Å². The Bertz CT molecular complexity index is 777. The Kier molecular flexibility index (Phi) is 3.23. The van der Waals surface area contributed by atoms with E-state index in [0.29, 0.717) is 5.89 Å². The lowest BCUT2D eigenvalue weighted by Crippen LogP contribution is -1.83. The van der Waals surface area contributed by atoms with Crippen LogP contribution >= 0.6 is 31.9 Å². The van der Waals surface area contributed by atoms with Gasteiger partial charge in [-0.15, -0.1) is 0 Å². The Morgan fingerprint density at radius 1 is 1.11 bits per heavy atom. The number of nitrogens with zero attached hydrogens (tertiary/aromatic N) is 1. The molecule has 0 N–H and O–H groups in total. The van der Waals surface area contributed by atoms with Crippen LogP contribution in [-0.2, 0) is 0 Å². The Labute approximate surface area is 128 Å². The first-order chi connectivity index (χ1) is 9.06. The molecule has 0 bridgehead atoms. The van der Waals surface area contributed by atoms with E-state index in [0.717, 1.165) is 25.6 Å². The van der Waals surface area contributed by atoms with Crippen LogP contribution < -0.4 is 0 Å². The molecule has 0 aliphatic carbocycles. The highest BCUT2D eigenvalue weighted by Gasteiger charge is 2.14. The van der Waals surface area contributed by atoms with Crippen LogP contribution in [-0.4, -0.2) is 4.98 Å². The maximum Gasteiger partial charge on any atom is 0.227 e. The molecular formula is C15H11Br2NO. The van der Waals surface area contributed by atoms with E-state index in [4.69, 9.17) is 4.42 Å². The number of hydrogen-bond acceptors (Lipinski definition) is 2. The van der Waals surface area contributed by atoms with Crippen LogP contribution in [0.2, 0.25) is 0 Å². The van der Waals surface area contributed by atoms with Crippen molar-refractivity contribution >= 4 is 43.0 Å². The number of aromatic nitrogens is 1. The van der Waals surface area contributed by atoms with Crippen molar-refractivity contribution in [1.29, 1.82) is 0 Å². The summed E-state index contributed by atoms with van der Waals surface area (Å²) in [5, 5.41) is 0. The summed E-state index contributed by atoms with van der Waals surface area (Å²) in [6.45, 7) is 4.15. The van der Waals surface area contributed by atoms with E-state index in [-0.39, 0.29) is 0 Å². The minimum absolute atomic E-state index is 0.641. The Morgan fingerprint density at radius 3 is 2.63 bits per heavy atom. The summed E-state index contributed by atoms with van der Waals surface area (Å²) in [4.78, 5) is 4.57. The maximum atomic E-state index is 5.90. The van der Waals surface area contributed by atoms with E-state index >= 15 is 0 Å². The van der Waals surface area contributed by atoms with Gasteiger partial charge in [0.05, 0.1) is 4.47 Å². The summed E-state index contributed by atoms with van der Waals surface area (Å²) < 4.78 is 7.89. The molecule has 0 saturated heterocycles. The van der Waals surface area contributed by atoms with Gasteiger partial charge >= 0.3 is 0 Å². The Hall–Kier alpha value is -1.13. The lowest BCUT2D eigenvalue weighted by molar-refractivity contribution is 0.617. The summed E-state index contributed by atoms with van der Waals surface area (Å²) in [6, 6.07) is 10.00. The first kappa shape index (κ1) is 12.9. The van der Waals surface area contributed by atoms with E-state index in [2.05, 4.69) is 56.8 Å². The summed E-state index contributed by atoms with van der Waals surface area (Å²) in [7, 11) is 0. The predicted molar refractivity (Wildman–Crippen MR) is 84.3 cm³/mol. The summed E-state index contributed by atoms with van der Waals surface area (Å²) in [5.74, 6) is 0.641. The molecule has 0 aliphatic heterocycles. The Morgan fingerprint density at radius 2 is 1.89 bits per heavy atom. The van der Waals surface area contributed by atoms with Crippen LogP contribution in [0.25, 0.3) is 22.6 Å². The monoisotopic (exact) mass is 379 g/mol. The van der Waals surface area contributed by atoms with E-state index in [1.807, 2.05) is 24.3 Å². The fourth-order valence-corrected chi connectivity index (χ4v) is 2.98. The third-order valence-electron chi connectivity index (χ3n) is 3.20. The second-order valence-electron chi connectivity index (χ2n) is 4.51. The molecule has 96 valence electrons. The zero-order valence-electron chi connectivity index (χ0n) is 10.5. The van der Waals surface area contributed by atoms with Crippen molar-refractivity contribution in [3.8, 4) is 11.5 Å². The number of hydrogen-bond donors (Lipinski definition) is 0. The van der Waals surface area contributed by atoms with Crippen LogP contribution in [0.5, 0.6) is 0 Å². The van der Waals surface area contributed by atoms with Gasteiger partial charge in [0.15, 0.2) is 5.58 Å². The van der Waals surface area contributed by atoms with Gasteiger partial charge in [0.2, 0.25) is 5.89 Å². The molecule has 1 heterocycles. The zero-order valence-corrected chi connectivity index (χ0v) is 13.7. The highest BCUT2D eigenvalue weighted by atomic mass is 79.9. The molecule has 0 unspecified atom stereocenters. The average molecular weight is 381 g/mol. The van der Waals surface area contributed by atoms with Crippen molar-refractivity contribution in [2.75, 3.05) is 0 Å². The van der Waals surface area contributed by atoms with Crippen molar-refractivity contribution in [3.63, 3.8) is 0 Å². The van der Waals surface area contributed by atoms with Crippen molar-refractivity contribution in [2.45, 2.75) is 13.8 Å². The van der Waals surface area contributed by atoms with Gasteiger partial charge in [-0.05, 0) is 65.2 Å². The van der Waals surface area contributed by atoms with Gasteiger partial charge < -0.3 is 4.42 Å². The molecule has 0 atom stereocenters. The van der Waals surface area contributed by atoms with E-state index in [1.54, 1.807) is 0 Å². The van der Waals surface area contributed by atoms with Crippen LogP contribution in [0.4, 0.5) is 0 Å². The van der Waals surface area contributed by atoms with Crippen LogP contribution in [0, 0.1) is 13.8 Å². The number of aryl methyl sites for hydroxylation is 1. The largest absolute Gasteiger partial charge is 0.435 e. The topological polar surface area (TPSA) is 26.0 Å². The SMILES string of the molecule is Cc1cc2nc(-c3cccc(Br)c3)oc2c(Br)c1C. The minimum Gasteiger partial charge on any atom is -0.435 e. The summed E-state index contributed by atoms with van der Waals surface area (Å²) >= 11 is 7.05. The molecule has 1 aromatic heterocycles. The fourth-order valence-electron chi connectivity index (χ4n) is 1.99. The highest BCUT2D eigenvalue weighted by molar-refractivity contribution is 9.11. The molecule has 2 nitrogen and oxygen atoms in total. The molecule has 0 saturated carbocycles. The molecule has 3 rings (SSSR count). The quantitative estimate of drug-likeness (QED) is 0.546. The number of oxazole rings is 1. The third-order valence-corrected chi connectivity index (χ3v) is 4.65. The van der Waals surface area contributed by atoms with Gasteiger partial charge in [0, 0.05) is 10.0 Å². The molecule has 0 fully saturated rings. The molecule has 3 aromatic rings. The van der Waals surface area contributed by atoms with Crippen LogP contribution in [0.15, 0.2) is 43.7 Å². The second kappa shape index (κ2) is 4.76. The molecule has 0 aliphatic rings. The van der Waals surface area contributed by atoms with E-state index in [1.165, 1.54) is 11.1 Å². The molecule has 19 heavy (non-hydrogen) atoms. The first-order valence-electron chi connectivity index (χ1n) is 5.88. The molecule has 0 amide bonds. The van der Waals surface area contributed by atoms with Crippen molar-refractivity contribution in [2.24, 2.45) is 0 Å². The minimum atomic E-state index is 0.641. The first-order valence-corrected chi connectivity index (χ1v) is 7.47. The summed E-state index contributed by atoms with van der Waals surface area (Å²) in [6.07, 6.45) is 0. The van der Waals surface area contributed by atoms with Crippen molar-refractivity contribution < 1.29 is 4.42 Å². The normalized spacial score (nSPS) is 11.2. The van der Waals surface area contributed by atoms with E-state index in [9.17, 15) is 0 Å². The molecule has 4 heteroatoms. The molecule has 2 aromatic carbocycles. The Balaban J connectivity index is 2.25. The van der Waals surface area contributed by atoms with Gasteiger partial charge in [-0.1, -0.05) is 22.0 Å². The summed E-state index contributed by atoms with van der Waals surface area (Å²) in [5.41, 5.74) is 5.04. The lowest BCUT2D eigenvalue weighted by Gasteiger charge is -2.01. The molecule has 0 radical (unpaired) electrons. The molecular weight excluding hydrogens is 370 g/mol.